The summed E-state index contributed by atoms with van der Waals surface area (Å²) in [6.07, 6.45) is 0. The predicted molar refractivity (Wildman–Crippen MR) is 187 cm³/mol. The van der Waals surface area contributed by atoms with Gasteiger partial charge in [-0.15, -0.1) is 10.2 Å². The average Bonchev–Trinajstić information content (AvgIpc) is 3.09. The molecule has 0 unspecified atom stereocenters. The minimum Gasteiger partial charge on any atom is -0.507 e. The summed E-state index contributed by atoms with van der Waals surface area (Å²) in [5.41, 5.74) is -2.53. The van der Waals surface area contributed by atoms with Gasteiger partial charge in [0.1, 0.15) is 32.5 Å². The molecule has 0 aliphatic carbocycles. The van der Waals surface area contributed by atoms with Gasteiger partial charge in [0.15, 0.2) is 5.75 Å². The topological polar surface area (TPSA) is 328 Å². The molecule has 0 heterocycles. The summed E-state index contributed by atoms with van der Waals surface area (Å²) in [6.45, 7) is 0. The third kappa shape index (κ3) is 8.18. The Hall–Kier alpha value is -5.89. The Balaban J connectivity index is 1.56. The lowest BCUT2D eigenvalue weighted by Gasteiger charge is -2.21. The number of rotatable bonds is 11. The van der Waals surface area contributed by atoms with E-state index < -0.39 is 94.4 Å². The zero-order chi connectivity index (χ0) is 40.0. The number of azo groups is 2. The quantitative estimate of drug-likeness (QED) is 0.0723. The first kappa shape index (κ1) is 39.3. The average molecular weight is 822 g/mol. The molecule has 6 N–H and O–H groups in total. The number of phenols is 2. The Morgan fingerprint density at radius 1 is 0.611 bits per heavy atom. The fraction of sp³-hybridized carbons (Fsp3) is 0.0333. The summed E-state index contributed by atoms with van der Waals surface area (Å²) in [6, 6.07) is 14.1. The number of carbonyl (C=O) groups is 1. The van der Waals surface area contributed by atoms with Gasteiger partial charge in [0.05, 0.1) is 26.9 Å². The van der Waals surface area contributed by atoms with Gasteiger partial charge < -0.3 is 15.3 Å². The van der Waals surface area contributed by atoms with Gasteiger partial charge in [-0.25, -0.2) is 13.2 Å². The molecule has 282 valence electrons. The molecule has 24 heteroatoms. The number of aromatic carboxylic acids is 1. The van der Waals surface area contributed by atoms with Crippen molar-refractivity contribution in [2.75, 3.05) is 11.4 Å². The molecule has 0 aliphatic heterocycles. The Kier molecular flexibility index (Phi) is 10.3. The van der Waals surface area contributed by atoms with Crippen molar-refractivity contribution < 1.29 is 67.4 Å². The lowest BCUT2D eigenvalue weighted by atomic mass is 10.1. The number of hydrogen-bond acceptors (Lipinski definition) is 15. The fourth-order valence-corrected chi connectivity index (χ4v) is 7.72. The molecule has 5 aromatic rings. The maximum absolute atomic E-state index is 13.4. The second kappa shape index (κ2) is 14.2. The molecule has 5 rings (SSSR count). The van der Waals surface area contributed by atoms with Crippen LogP contribution in [0, 0.1) is 0 Å². The highest BCUT2D eigenvalue weighted by Crippen LogP contribution is 2.43. The van der Waals surface area contributed by atoms with Gasteiger partial charge in [0.25, 0.3) is 40.4 Å². The molecular weight excluding hydrogens is 799 g/mol. The number of fused-ring (bicyclic) bond motifs is 1. The van der Waals surface area contributed by atoms with Crippen LogP contribution in [0.1, 0.15) is 10.4 Å². The van der Waals surface area contributed by atoms with Crippen LogP contribution in [0.25, 0.3) is 10.8 Å². The first-order valence-corrected chi connectivity index (χ1v) is 20.1. The Bertz CT molecular complexity index is 2880. The van der Waals surface area contributed by atoms with Crippen LogP contribution in [-0.4, -0.2) is 75.7 Å². The Labute approximate surface area is 305 Å². The lowest BCUT2D eigenvalue weighted by molar-refractivity contribution is 0.0693. The number of sulfonamides is 1. The zero-order valence-corrected chi connectivity index (χ0v) is 30.1. The largest absolute Gasteiger partial charge is 0.507 e. The molecular formula is C30H23N5O15S4. The number of aromatic hydroxyl groups is 2. The van der Waals surface area contributed by atoms with E-state index in [1.54, 1.807) is 0 Å². The van der Waals surface area contributed by atoms with E-state index in [1.807, 2.05) is 0 Å². The zero-order valence-electron chi connectivity index (χ0n) is 26.8. The maximum atomic E-state index is 13.4. The van der Waals surface area contributed by atoms with Crippen LogP contribution in [-0.2, 0) is 40.4 Å². The molecule has 0 saturated heterocycles. The number of carboxylic acid groups (broad SMARTS) is 1. The van der Waals surface area contributed by atoms with Crippen LogP contribution in [0.3, 0.4) is 0 Å². The summed E-state index contributed by atoms with van der Waals surface area (Å²) in [5, 5.41) is 44.9. The number of benzene rings is 5. The molecule has 0 amide bonds. The van der Waals surface area contributed by atoms with Crippen molar-refractivity contribution in [1.29, 1.82) is 0 Å². The van der Waals surface area contributed by atoms with E-state index in [2.05, 4.69) is 20.5 Å². The Morgan fingerprint density at radius 3 is 1.80 bits per heavy atom. The van der Waals surface area contributed by atoms with E-state index in [9.17, 15) is 62.9 Å². The second-order valence-corrected chi connectivity index (χ2v) is 17.1. The summed E-state index contributed by atoms with van der Waals surface area (Å²) in [4.78, 5) is 8.56. The molecule has 0 radical (unpaired) electrons. The third-order valence-electron chi connectivity index (χ3n) is 7.43. The van der Waals surface area contributed by atoms with Crippen LogP contribution in [0.15, 0.2) is 125 Å². The van der Waals surface area contributed by atoms with Gasteiger partial charge in [0, 0.05) is 12.4 Å². The molecule has 0 saturated carbocycles. The van der Waals surface area contributed by atoms with E-state index in [0.717, 1.165) is 67.7 Å². The highest BCUT2D eigenvalue weighted by atomic mass is 32.2. The summed E-state index contributed by atoms with van der Waals surface area (Å²) < 4.78 is 128. The van der Waals surface area contributed by atoms with Gasteiger partial charge in [-0.1, -0.05) is 6.07 Å². The highest BCUT2D eigenvalue weighted by molar-refractivity contribution is 7.92. The van der Waals surface area contributed by atoms with Crippen LogP contribution in [0.4, 0.5) is 28.4 Å². The third-order valence-corrected chi connectivity index (χ3v) is 11.8. The molecule has 0 spiro atoms. The maximum Gasteiger partial charge on any atom is 0.339 e. The van der Waals surface area contributed by atoms with Gasteiger partial charge >= 0.3 is 5.97 Å². The summed E-state index contributed by atoms with van der Waals surface area (Å²) >= 11 is 0. The lowest BCUT2D eigenvalue weighted by Crippen LogP contribution is -2.26. The summed E-state index contributed by atoms with van der Waals surface area (Å²) in [7, 11) is -18.2. The molecule has 0 bridgehead atoms. The molecule has 5 aromatic carbocycles. The van der Waals surface area contributed by atoms with E-state index in [1.165, 1.54) is 24.3 Å². The number of nitrogens with zero attached hydrogens (tertiary/aromatic N) is 5. The fourth-order valence-electron chi connectivity index (χ4n) is 4.72. The van der Waals surface area contributed by atoms with Crippen LogP contribution < -0.4 is 4.31 Å². The molecule has 0 aliphatic rings. The van der Waals surface area contributed by atoms with Crippen molar-refractivity contribution in [3.63, 3.8) is 0 Å². The number of phenolic OH excluding ortho intramolecular Hbond substituents is 1. The molecule has 0 fully saturated rings. The molecule has 0 atom stereocenters. The monoisotopic (exact) mass is 821 g/mol. The Morgan fingerprint density at radius 2 is 1.20 bits per heavy atom. The molecule has 54 heavy (non-hydrogen) atoms. The van der Waals surface area contributed by atoms with Gasteiger partial charge in [0.2, 0.25) is 0 Å². The normalized spacial score (nSPS) is 12.8. The van der Waals surface area contributed by atoms with Crippen molar-refractivity contribution in [1.82, 2.24) is 0 Å². The number of carboxylic acids is 1. The molecule has 20 nitrogen and oxygen atoms in total. The summed E-state index contributed by atoms with van der Waals surface area (Å²) in [5.74, 6) is -3.27. The number of hydrogen-bond donors (Lipinski definition) is 6. The van der Waals surface area contributed by atoms with E-state index in [0.29, 0.717) is 4.31 Å². The standard InChI is InChI=1S/C30H23N5O15S4/c1-35(51(40,41)21-9-11-25(36)23(15-21)30(38)39)19-6-2-16-12-27(54(48,49)50)28(29(37)22(16)14-19)34-33-24-10-5-18(13-26(24)53(45,46)47)32-31-17-3-7-20(8-4-17)52(42,43)44/h2-15,36-37H,1H3,(H,38,39)(H,42,43,44)(H,45,46,47)(H,48,49,50). The number of anilines is 1. The van der Waals surface area contributed by atoms with Gasteiger partial charge in [-0.3, -0.25) is 18.0 Å². The smallest absolute Gasteiger partial charge is 0.339 e. The van der Waals surface area contributed by atoms with Gasteiger partial charge in [-0.05, 0) is 84.2 Å². The van der Waals surface area contributed by atoms with Crippen molar-refractivity contribution in [2.24, 2.45) is 20.5 Å². The van der Waals surface area contributed by atoms with Gasteiger partial charge in [-0.2, -0.15) is 35.5 Å². The van der Waals surface area contributed by atoms with Crippen LogP contribution in [0.5, 0.6) is 11.5 Å². The van der Waals surface area contributed by atoms with E-state index >= 15 is 0 Å². The predicted octanol–water partition coefficient (Wildman–Crippen LogP) is 5.35. The first-order valence-electron chi connectivity index (χ1n) is 14.3. The van der Waals surface area contributed by atoms with Crippen LogP contribution in [0.2, 0.25) is 0 Å². The van der Waals surface area contributed by atoms with E-state index in [4.69, 9.17) is 4.55 Å². The van der Waals surface area contributed by atoms with Crippen molar-refractivity contribution >= 4 is 85.6 Å². The van der Waals surface area contributed by atoms with Crippen molar-refractivity contribution in [3.8, 4) is 11.5 Å². The van der Waals surface area contributed by atoms with Crippen molar-refractivity contribution in [3.05, 3.63) is 90.5 Å². The minimum absolute atomic E-state index is 0.0626. The second-order valence-electron chi connectivity index (χ2n) is 10.9. The van der Waals surface area contributed by atoms with Crippen LogP contribution >= 0.6 is 0 Å². The van der Waals surface area contributed by atoms with Crippen molar-refractivity contribution in [2.45, 2.75) is 19.6 Å². The molecule has 0 aromatic heterocycles. The highest BCUT2D eigenvalue weighted by Gasteiger charge is 2.27. The SMILES string of the molecule is CN(c1ccc2cc(S(=O)(=O)O)c(N=Nc3ccc(N=Nc4ccc(S(=O)(=O)O)cc4)cc3S(=O)(=O)O)c(O)c2c1)S(=O)(=O)c1ccc(O)c(C(=O)O)c1. The minimum atomic E-state index is -5.17. The van der Waals surface area contributed by atoms with E-state index in [-0.39, 0.29) is 27.8 Å². The first-order chi connectivity index (χ1) is 25.0.